The van der Waals surface area contributed by atoms with Gasteiger partial charge in [0.25, 0.3) is 0 Å². The van der Waals surface area contributed by atoms with E-state index in [2.05, 4.69) is 37.3 Å². The van der Waals surface area contributed by atoms with Crippen LogP contribution < -0.4 is 10.2 Å². The fourth-order valence-electron chi connectivity index (χ4n) is 6.38. The van der Waals surface area contributed by atoms with E-state index < -0.39 is 17.7 Å². The SMILES string of the molecule is CSc1cc(-c2ccc(-c3ncc(N(C4CC4)[C@H]4C[C@]5(C)CCC[C@@](C)(N5)[C@H]4F)nn3)c(O)c2)cc(F)n1. The summed E-state index contributed by atoms with van der Waals surface area (Å²) in [5.41, 5.74) is 1.04. The van der Waals surface area contributed by atoms with Crippen LogP contribution in [0.1, 0.15) is 52.4 Å². The first-order chi connectivity index (χ1) is 18.2. The molecule has 1 aromatic carbocycles. The van der Waals surface area contributed by atoms with E-state index >= 15 is 4.39 Å². The number of nitrogens with zero attached hydrogens (tertiary/aromatic N) is 5. The fraction of sp³-hybridized carbons (Fsp3) is 0.500. The average molecular weight is 539 g/mol. The van der Waals surface area contributed by atoms with Crippen LogP contribution in [0.25, 0.3) is 22.5 Å². The zero-order valence-electron chi connectivity index (χ0n) is 21.8. The van der Waals surface area contributed by atoms with Crippen molar-refractivity contribution < 1.29 is 13.9 Å². The maximum Gasteiger partial charge on any atom is 0.214 e. The molecule has 4 heterocycles. The Balaban J connectivity index is 1.28. The predicted octanol–water partition coefficient (Wildman–Crippen LogP) is 5.54. The van der Waals surface area contributed by atoms with Crippen LogP contribution in [0.4, 0.5) is 14.6 Å². The molecule has 38 heavy (non-hydrogen) atoms. The molecule has 1 saturated carbocycles. The lowest BCUT2D eigenvalue weighted by Gasteiger charge is -2.57. The summed E-state index contributed by atoms with van der Waals surface area (Å²) in [6.45, 7) is 4.21. The molecule has 3 fully saturated rings. The molecule has 0 spiro atoms. The summed E-state index contributed by atoms with van der Waals surface area (Å²) in [5.74, 6) is 0.241. The van der Waals surface area contributed by atoms with Gasteiger partial charge >= 0.3 is 0 Å². The Bertz CT molecular complexity index is 1360. The highest BCUT2D eigenvalue weighted by Gasteiger charge is 2.55. The second kappa shape index (κ2) is 9.41. The first-order valence-electron chi connectivity index (χ1n) is 13.1. The fourth-order valence-corrected chi connectivity index (χ4v) is 6.81. The number of halogens is 2. The van der Waals surface area contributed by atoms with Crippen molar-refractivity contribution in [3.8, 4) is 28.3 Å². The predicted molar refractivity (Wildman–Crippen MR) is 144 cm³/mol. The highest BCUT2D eigenvalue weighted by atomic mass is 32.2. The van der Waals surface area contributed by atoms with Gasteiger partial charge in [-0.05, 0) is 88.0 Å². The number of phenolic OH excluding ortho intramolecular Hbond substituents is 1. The number of pyridine rings is 1. The summed E-state index contributed by atoms with van der Waals surface area (Å²) < 4.78 is 29.9. The third kappa shape index (κ3) is 4.62. The number of aromatic hydroxyl groups is 1. The molecule has 2 bridgehead atoms. The Labute approximate surface area is 225 Å². The summed E-state index contributed by atoms with van der Waals surface area (Å²) in [6.07, 6.45) is 8.05. The van der Waals surface area contributed by atoms with Crippen LogP contribution in [-0.2, 0) is 0 Å². The van der Waals surface area contributed by atoms with Crippen molar-refractivity contribution in [3.05, 3.63) is 42.5 Å². The lowest BCUT2D eigenvalue weighted by atomic mass is 9.68. The third-order valence-corrected chi connectivity index (χ3v) is 8.91. The Morgan fingerprint density at radius 3 is 2.61 bits per heavy atom. The number of benzene rings is 1. The molecule has 2 N–H and O–H groups in total. The van der Waals surface area contributed by atoms with Gasteiger partial charge in [0.2, 0.25) is 5.95 Å². The smallest absolute Gasteiger partial charge is 0.214 e. The van der Waals surface area contributed by atoms with Crippen molar-refractivity contribution in [1.82, 2.24) is 25.5 Å². The van der Waals surface area contributed by atoms with Gasteiger partial charge in [0.05, 0.1) is 22.8 Å². The summed E-state index contributed by atoms with van der Waals surface area (Å²) in [7, 11) is 0. The monoisotopic (exact) mass is 538 g/mol. The van der Waals surface area contributed by atoms with Gasteiger partial charge in [-0.25, -0.2) is 14.4 Å². The van der Waals surface area contributed by atoms with Crippen LogP contribution in [0.5, 0.6) is 5.75 Å². The zero-order valence-corrected chi connectivity index (χ0v) is 22.6. The van der Waals surface area contributed by atoms with Gasteiger partial charge in [0, 0.05) is 23.2 Å². The standard InChI is InChI=1S/C28H32F2N6OS/c1-27-9-4-10-28(2,35-27)25(30)20(14-27)36(18-6-7-18)23-15-31-26(34-33-23)19-8-5-16(11-21(19)37)17-12-22(29)32-24(13-17)38-3/h5,8,11-13,15,18,20,25,35,37H,4,6-7,9-10,14H2,1-3H3/t20-,25-,27-,28+/m0/s1. The first kappa shape index (κ1) is 25.4. The molecule has 2 aromatic heterocycles. The van der Waals surface area contributed by atoms with E-state index in [0.717, 1.165) is 32.1 Å². The number of anilines is 1. The highest BCUT2D eigenvalue weighted by Crippen LogP contribution is 2.46. The van der Waals surface area contributed by atoms with Gasteiger partial charge in [-0.15, -0.1) is 22.0 Å². The quantitative estimate of drug-likeness (QED) is 0.313. The molecule has 200 valence electrons. The molecular formula is C28H32F2N6OS. The van der Waals surface area contributed by atoms with Crippen molar-refractivity contribution in [2.24, 2.45) is 0 Å². The number of aromatic nitrogens is 4. The highest BCUT2D eigenvalue weighted by molar-refractivity contribution is 7.98. The Kier molecular flexibility index (Phi) is 6.30. The molecule has 2 saturated heterocycles. The second-order valence-electron chi connectivity index (χ2n) is 11.4. The number of thioether (sulfide) groups is 1. The number of fused-ring (bicyclic) bond motifs is 2. The van der Waals surface area contributed by atoms with Crippen LogP contribution in [0, 0.1) is 5.95 Å². The van der Waals surface area contributed by atoms with Crippen LogP contribution >= 0.6 is 11.8 Å². The molecule has 2 aliphatic heterocycles. The topological polar surface area (TPSA) is 87.1 Å². The number of hydrogen-bond donors (Lipinski definition) is 2. The molecule has 3 aromatic rings. The molecule has 1 aliphatic carbocycles. The van der Waals surface area contributed by atoms with Crippen molar-refractivity contribution in [1.29, 1.82) is 0 Å². The van der Waals surface area contributed by atoms with Gasteiger partial charge in [-0.2, -0.15) is 4.39 Å². The molecule has 6 rings (SSSR count). The molecule has 3 aliphatic rings. The lowest BCUT2D eigenvalue weighted by Crippen LogP contribution is -2.73. The van der Waals surface area contributed by atoms with Crippen LogP contribution in [0.3, 0.4) is 0 Å². The number of hydrogen-bond acceptors (Lipinski definition) is 8. The van der Waals surface area contributed by atoms with Crippen molar-refractivity contribution >= 4 is 17.6 Å². The Morgan fingerprint density at radius 2 is 1.92 bits per heavy atom. The van der Waals surface area contributed by atoms with E-state index in [-0.39, 0.29) is 29.2 Å². The van der Waals surface area contributed by atoms with Crippen LogP contribution in [0.15, 0.2) is 41.6 Å². The molecule has 4 atom stereocenters. The number of alkyl halides is 1. The van der Waals surface area contributed by atoms with E-state index in [9.17, 15) is 9.50 Å². The number of piperidine rings is 2. The van der Waals surface area contributed by atoms with E-state index in [4.69, 9.17) is 0 Å². The van der Waals surface area contributed by atoms with Crippen LogP contribution in [-0.4, -0.2) is 60.9 Å². The van der Waals surface area contributed by atoms with Gasteiger partial charge < -0.3 is 15.3 Å². The average Bonchev–Trinajstić information content (AvgIpc) is 3.72. The maximum absolute atomic E-state index is 16.0. The minimum absolute atomic E-state index is 0.0325. The summed E-state index contributed by atoms with van der Waals surface area (Å²) >= 11 is 1.35. The minimum atomic E-state index is -1.03. The molecule has 10 heteroatoms. The van der Waals surface area contributed by atoms with E-state index in [1.54, 1.807) is 30.5 Å². The summed E-state index contributed by atoms with van der Waals surface area (Å²) in [5, 5.41) is 23.8. The van der Waals surface area contributed by atoms with E-state index in [1.807, 2.05) is 13.2 Å². The zero-order chi connectivity index (χ0) is 26.7. The first-order valence-corrected chi connectivity index (χ1v) is 14.4. The van der Waals surface area contributed by atoms with Gasteiger partial charge in [-0.3, -0.25) is 0 Å². The maximum atomic E-state index is 16.0. The molecule has 0 radical (unpaired) electrons. The molecule has 7 nitrogen and oxygen atoms in total. The van der Waals surface area contributed by atoms with E-state index in [1.165, 1.54) is 17.8 Å². The third-order valence-electron chi connectivity index (χ3n) is 8.28. The molecule has 0 unspecified atom stereocenters. The van der Waals surface area contributed by atoms with E-state index in [0.29, 0.717) is 34.0 Å². The summed E-state index contributed by atoms with van der Waals surface area (Å²) in [6, 6.07) is 8.10. The summed E-state index contributed by atoms with van der Waals surface area (Å²) in [4.78, 5) is 10.5. The number of phenols is 1. The lowest BCUT2D eigenvalue weighted by molar-refractivity contribution is 0.000258. The Morgan fingerprint density at radius 1 is 1.11 bits per heavy atom. The Hall–Kier alpha value is -2.85. The van der Waals surface area contributed by atoms with Gasteiger partial charge in [-0.1, -0.05) is 6.07 Å². The molecule has 0 amide bonds. The normalized spacial score (nSPS) is 28.8. The van der Waals surface area contributed by atoms with Crippen molar-refractivity contribution in [2.75, 3.05) is 11.2 Å². The number of nitrogens with one attached hydrogen (secondary N) is 1. The van der Waals surface area contributed by atoms with Crippen molar-refractivity contribution in [2.45, 2.75) is 86.7 Å². The number of rotatable bonds is 6. The van der Waals surface area contributed by atoms with Crippen LogP contribution in [0.2, 0.25) is 0 Å². The van der Waals surface area contributed by atoms with Gasteiger partial charge in [0.1, 0.15) is 11.9 Å². The van der Waals surface area contributed by atoms with Crippen molar-refractivity contribution in [3.63, 3.8) is 0 Å². The second-order valence-corrected chi connectivity index (χ2v) is 12.2. The minimum Gasteiger partial charge on any atom is -0.507 e. The van der Waals surface area contributed by atoms with Gasteiger partial charge in [0.15, 0.2) is 11.6 Å². The molecular weight excluding hydrogens is 506 g/mol. The largest absolute Gasteiger partial charge is 0.507 e.